The van der Waals surface area contributed by atoms with Gasteiger partial charge in [0.1, 0.15) is 17.5 Å². The molecule has 7 heteroatoms. The van der Waals surface area contributed by atoms with Crippen LogP contribution in [-0.2, 0) is 11.2 Å². The molecule has 1 aromatic carbocycles. The van der Waals surface area contributed by atoms with Crippen LogP contribution in [0.25, 0.3) is 11.3 Å². The van der Waals surface area contributed by atoms with Crippen LogP contribution in [0.1, 0.15) is 16.1 Å². The van der Waals surface area contributed by atoms with Gasteiger partial charge in [0, 0.05) is 31.6 Å². The van der Waals surface area contributed by atoms with Crippen LogP contribution in [0.15, 0.2) is 30.6 Å². The molecule has 1 saturated heterocycles. The van der Waals surface area contributed by atoms with Crippen LogP contribution in [0.2, 0.25) is 0 Å². The molecule has 4 rings (SSSR count). The molecule has 130 valence electrons. The zero-order valence-corrected chi connectivity index (χ0v) is 13.9. The number of nitrogens with two attached hydrogens (primary N) is 1. The van der Waals surface area contributed by atoms with Gasteiger partial charge in [0.15, 0.2) is 0 Å². The summed E-state index contributed by atoms with van der Waals surface area (Å²) in [5.41, 5.74) is 8.66. The third-order valence-corrected chi connectivity index (χ3v) is 4.52. The summed E-state index contributed by atoms with van der Waals surface area (Å²) in [6, 6.07) is 5.93. The molecule has 2 aromatic rings. The summed E-state index contributed by atoms with van der Waals surface area (Å²) in [5.74, 6) is 0.675. The molecule has 0 radical (unpaired) electrons. The number of morpholine rings is 1. The maximum absolute atomic E-state index is 12.6. The number of rotatable bonds is 3. The van der Waals surface area contributed by atoms with Crippen molar-refractivity contribution >= 4 is 5.91 Å². The quantitative estimate of drug-likeness (QED) is 0.892. The lowest BCUT2D eigenvalue weighted by atomic mass is 10.0. The Kier molecular flexibility index (Phi) is 4.33. The minimum absolute atomic E-state index is 0.0118. The van der Waals surface area contributed by atoms with E-state index in [-0.39, 0.29) is 12.0 Å². The first-order chi connectivity index (χ1) is 12.3. The van der Waals surface area contributed by atoms with Crippen LogP contribution in [0.4, 0.5) is 0 Å². The molecule has 3 heterocycles. The number of hydrogen-bond donors (Lipinski definition) is 1. The van der Waals surface area contributed by atoms with Crippen molar-refractivity contribution < 1.29 is 14.3 Å². The van der Waals surface area contributed by atoms with Crippen LogP contribution in [0.5, 0.6) is 5.75 Å². The third kappa shape index (κ3) is 3.08. The van der Waals surface area contributed by atoms with Crippen LogP contribution in [0.3, 0.4) is 0 Å². The summed E-state index contributed by atoms with van der Waals surface area (Å²) >= 11 is 0. The third-order valence-electron chi connectivity index (χ3n) is 4.52. The Morgan fingerprint density at radius 2 is 2.12 bits per heavy atom. The standard InChI is InChI=1S/C18H20N4O3/c19-9-13-8-12-2-1-3-14(17(12)25-13)15-10-20-11-16(21-15)18(23)22-4-6-24-7-5-22/h1-3,10-11,13H,4-9,19H2/t13-/m1/s1. The van der Waals surface area contributed by atoms with Gasteiger partial charge in [-0.1, -0.05) is 12.1 Å². The SMILES string of the molecule is NC[C@H]1Cc2cccc(-c3cncc(C(=O)N4CCOCC4)n3)c2O1. The number of carbonyl (C=O) groups excluding carboxylic acids is 1. The van der Waals surface area contributed by atoms with E-state index in [1.54, 1.807) is 11.1 Å². The van der Waals surface area contributed by atoms with E-state index in [2.05, 4.69) is 9.97 Å². The van der Waals surface area contributed by atoms with E-state index in [4.69, 9.17) is 15.2 Å². The summed E-state index contributed by atoms with van der Waals surface area (Å²) in [6.45, 7) is 2.73. The number of aromatic nitrogens is 2. The molecule has 1 aromatic heterocycles. The lowest BCUT2D eigenvalue weighted by Crippen LogP contribution is -2.41. The Morgan fingerprint density at radius 3 is 2.92 bits per heavy atom. The molecule has 0 spiro atoms. The van der Waals surface area contributed by atoms with E-state index in [0.717, 1.165) is 23.3 Å². The molecular formula is C18H20N4O3. The average Bonchev–Trinajstić information content (AvgIpc) is 3.11. The van der Waals surface area contributed by atoms with Crippen molar-refractivity contribution in [3.8, 4) is 17.0 Å². The maximum Gasteiger partial charge on any atom is 0.274 e. The second kappa shape index (κ2) is 6.78. The van der Waals surface area contributed by atoms with Crippen LogP contribution in [-0.4, -0.2) is 59.7 Å². The minimum Gasteiger partial charge on any atom is -0.488 e. The fourth-order valence-corrected chi connectivity index (χ4v) is 3.20. The summed E-state index contributed by atoms with van der Waals surface area (Å²) in [5, 5.41) is 0. The van der Waals surface area contributed by atoms with Gasteiger partial charge in [0.05, 0.1) is 31.3 Å². The van der Waals surface area contributed by atoms with Crippen molar-refractivity contribution in [1.29, 1.82) is 0 Å². The number of benzene rings is 1. The second-order valence-electron chi connectivity index (χ2n) is 6.17. The van der Waals surface area contributed by atoms with Gasteiger partial charge in [0.25, 0.3) is 5.91 Å². The molecule has 25 heavy (non-hydrogen) atoms. The van der Waals surface area contributed by atoms with Crippen molar-refractivity contribution in [2.24, 2.45) is 5.73 Å². The van der Waals surface area contributed by atoms with Crippen molar-refractivity contribution in [3.05, 3.63) is 41.9 Å². The number of para-hydroxylation sites is 1. The molecule has 1 atom stereocenters. The Balaban J connectivity index is 1.65. The maximum atomic E-state index is 12.6. The largest absolute Gasteiger partial charge is 0.488 e. The zero-order valence-electron chi connectivity index (χ0n) is 13.9. The Labute approximate surface area is 145 Å². The van der Waals surface area contributed by atoms with E-state index >= 15 is 0 Å². The van der Waals surface area contributed by atoms with Gasteiger partial charge in [-0.15, -0.1) is 0 Å². The first kappa shape index (κ1) is 16.0. The van der Waals surface area contributed by atoms with Crippen molar-refractivity contribution in [2.45, 2.75) is 12.5 Å². The lowest BCUT2D eigenvalue weighted by Gasteiger charge is -2.26. The number of nitrogens with zero attached hydrogens (tertiary/aromatic N) is 3. The highest BCUT2D eigenvalue weighted by Crippen LogP contribution is 2.37. The summed E-state index contributed by atoms with van der Waals surface area (Å²) < 4.78 is 11.2. The highest BCUT2D eigenvalue weighted by molar-refractivity contribution is 5.92. The number of amides is 1. The minimum atomic E-state index is -0.119. The summed E-state index contributed by atoms with van der Waals surface area (Å²) in [7, 11) is 0. The molecule has 0 saturated carbocycles. The van der Waals surface area contributed by atoms with Gasteiger partial charge in [-0.3, -0.25) is 9.78 Å². The van der Waals surface area contributed by atoms with Crippen LogP contribution >= 0.6 is 0 Å². The van der Waals surface area contributed by atoms with Gasteiger partial charge in [-0.25, -0.2) is 4.98 Å². The number of carbonyl (C=O) groups is 1. The molecule has 1 amide bonds. The van der Waals surface area contributed by atoms with E-state index in [0.29, 0.717) is 44.2 Å². The predicted molar refractivity (Wildman–Crippen MR) is 91.4 cm³/mol. The molecule has 2 N–H and O–H groups in total. The monoisotopic (exact) mass is 340 g/mol. The highest BCUT2D eigenvalue weighted by atomic mass is 16.5. The topological polar surface area (TPSA) is 90.6 Å². The molecule has 0 aliphatic carbocycles. The Bertz CT molecular complexity index is 790. The van der Waals surface area contributed by atoms with Gasteiger partial charge in [-0.05, 0) is 11.6 Å². The van der Waals surface area contributed by atoms with E-state index in [1.165, 1.54) is 6.20 Å². The fraction of sp³-hybridized carbons (Fsp3) is 0.389. The molecule has 0 unspecified atom stereocenters. The summed E-state index contributed by atoms with van der Waals surface area (Å²) in [4.78, 5) is 23.1. The van der Waals surface area contributed by atoms with Crippen molar-refractivity contribution in [2.75, 3.05) is 32.8 Å². The molecule has 1 fully saturated rings. The first-order valence-electron chi connectivity index (χ1n) is 8.44. The molecule has 2 aliphatic rings. The normalized spacial score (nSPS) is 19.4. The fourth-order valence-electron chi connectivity index (χ4n) is 3.20. The number of hydrogen-bond acceptors (Lipinski definition) is 6. The first-order valence-corrected chi connectivity index (χ1v) is 8.44. The molecule has 7 nitrogen and oxygen atoms in total. The van der Waals surface area contributed by atoms with Gasteiger partial charge < -0.3 is 20.1 Å². The molecule has 0 bridgehead atoms. The van der Waals surface area contributed by atoms with Crippen LogP contribution in [0, 0.1) is 0 Å². The second-order valence-corrected chi connectivity index (χ2v) is 6.17. The van der Waals surface area contributed by atoms with Crippen molar-refractivity contribution in [3.63, 3.8) is 0 Å². The van der Waals surface area contributed by atoms with Gasteiger partial charge >= 0.3 is 0 Å². The van der Waals surface area contributed by atoms with Gasteiger partial charge in [0.2, 0.25) is 0 Å². The lowest BCUT2D eigenvalue weighted by molar-refractivity contribution is 0.0299. The van der Waals surface area contributed by atoms with E-state index in [9.17, 15) is 4.79 Å². The molecule has 2 aliphatic heterocycles. The number of ether oxygens (including phenoxy) is 2. The van der Waals surface area contributed by atoms with Crippen molar-refractivity contribution in [1.82, 2.24) is 14.9 Å². The van der Waals surface area contributed by atoms with E-state index in [1.807, 2.05) is 18.2 Å². The number of fused-ring (bicyclic) bond motifs is 1. The highest BCUT2D eigenvalue weighted by Gasteiger charge is 2.26. The Hall–Kier alpha value is -2.51. The molecular weight excluding hydrogens is 320 g/mol. The van der Waals surface area contributed by atoms with Crippen LogP contribution < -0.4 is 10.5 Å². The smallest absolute Gasteiger partial charge is 0.274 e. The van der Waals surface area contributed by atoms with Gasteiger partial charge in [-0.2, -0.15) is 0 Å². The summed E-state index contributed by atoms with van der Waals surface area (Å²) in [6.07, 6.45) is 3.94. The average molecular weight is 340 g/mol. The van der Waals surface area contributed by atoms with E-state index < -0.39 is 0 Å². The predicted octanol–water partition coefficient (Wildman–Crippen LogP) is 0.878. The Morgan fingerprint density at radius 1 is 1.28 bits per heavy atom. The zero-order chi connectivity index (χ0) is 17.2.